The summed E-state index contributed by atoms with van der Waals surface area (Å²) in [6, 6.07) is 30.1. The van der Waals surface area contributed by atoms with Crippen LogP contribution in [0.1, 0.15) is 37.5 Å². The Morgan fingerprint density at radius 1 is 0.732 bits per heavy atom. The van der Waals surface area contributed by atoms with Crippen molar-refractivity contribution in [1.82, 2.24) is 0 Å². The van der Waals surface area contributed by atoms with Gasteiger partial charge in [0, 0.05) is 12.0 Å². The highest BCUT2D eigenvalue weighted by molar-refractivity contribution is 8.04. The summed E-state index contributed by atoms with van der Waals surface area (Å²) in [5.41, 5.74) is 4.11. The molecule has 0 aliphatic carbocycles. The number of methoxy groups -OCH3 is 1. The van der Waals surface area contributed by atoms with E-state index in [0.29, 0.717) is 31.3 Å². The lowest BCUT2D eigenvalue weighted by Crippen LogP contribution is -2.59. The SMILES string of the molecule is CO[C@@H]1O[C@H](COCc2ccccc2)[C@@H](OCc2ccccc2)[C@H](OCc2ccccc2)[C@H]1SC(C(C)=O)=C(C)C. The van der Waals surface area contributed by atoms with Gasteiger partial charge in [0.25, 0.3) is 0 Å². The van der Waals surface area contributed by atoms with Gasteiger partial charge in [-0.15, -0.1) is 11.8 Å². The van der Waals surface area contributed by atoms with Crippen molar-refractivity contribution in [3.05, 3.63) is 118 Å². The molecule has 1 saturated heterocycles. The van der Waals surface area contributed by atoms with E-state index in [4.69, 9.17) is 23.7 Å². The van der Waals surface area contributed by atoms with E-state index in [2.05, 4.69) is 0 Å². The van der Waals surface area contributed by atoms with Crippen molar-refractivity contribution in [3.63, 3.8) is 0 Å². The number of carbonyl (C=O) groups excluding carboxylic acids is 1. The first-order chi connectivity index (χ1) is 20.0. The minimum Gasteiger partial charge on any atom is -0.374 e. The predicted molar refractivity (Wildman–Crippen MR) is 162 cm³/mol. The van der Waals surface area contributed by atoms with Crippen molar-refractivity contribution >= 4 is 17.5 Å². The molecule has 0 bridgehead atoms. The second-order valence-electron chi connectivity index (χ2n) is 10.3. The van der Waals surface area contributed by atoms with Gasteiger partial charge in [0.2, 0.25) is 0 Å². The normalized spacial score (nSPS) is 22.3. The van der Waals surface area contributed by atoms with Gasteiger partial charge in [-0.25, -0.2) is 0 Å². The Hall–Kier alpha value is -2.78. The molecule has 0 N–H and O–H groups in total. The molecule has 6 nitrogen and oxygen atoms in total. The van der Waals surface area contributed by atoms with Gasteiger partial charge in [0.05, 0.1) is 31.7 Å². The Kier molecular flexibility index (Phi) is 12.2. The Labute approximate surface area is 248 Å². The minimum absolute atomic E-state index is 0.00161. The van der Waals surface area contributed by atoms with Gasteiger partial charge in [0.1, 0.15) is 18.3 Å². The summed E-state index contributed by atoms with van der Waals surface area (Å²) < 4.78 is 31.8. The van der Waals surface area contributed by atoms with Crippen LogP contribution < -0.4 is 0 Å². The Balaban J connectivity index is 1.64. The summed E-state index contributed by atoms with van der Waals surface area (Å²) in [7, 11) is 1.62. The first-order valence-electron chi connectivity index (χ1n) is 13.9. The molecule has 41 heavy (non-hydrogen) atoms. The molecule has 1 heterocycles. The maximum atomic E-state index is 12.6. The van der Waals surface area contributed by atoms with E-state index < -0.39 is 24.6 Å². The number of ketones is 1. The highest BCUT2D eigenvalue weighted by Gasteiger charge is 2.49. The second kappa shape index (κ2) is 16.0. The molecule has 218 valence electrons. The number of carbonyl (C=O) groups is 1. The third-order valence-electron chi connectivity index (χ3n) is 6.82. The van der Waals surface area contributed by atoms with E-state index in [0.717, 1.165) is 22.3 Å². The van der Waals surface area contributed by atoms with E-state index >= 15 is 0 Å². The van der Waals surface area contributed by atoms with Crippen molar-refractivity contribution in [1.29, 1.82) is 0 Å². The summed E-state index contributed by atoms with van der Waals surface area (Å²) in [4.78, 5) is 13.3. The zero-order valence-electron chi connectivity index (χ0n) is 24.2. The quantitative estimate of drug-likeness (QED) is 0.197. The average molecular weight is 577 g/mol. The van der Waals surface area contributed by atoms with Crippen LogP contribution in [0.3, 0.4) is 0 Å². The third kappa shape index (κ3) is 9.10. The standard InChI is InChI=1S/C34H40O6S/c1-24(2)32(25(3)35)41-33-31(39-22-28-18-12-7-13-19-28)30(38-21-27-16-10-6-11-17-27)29(40-34(33)36-4)23-37-20-26-14-8-5-9-15-26/h5-19,29-31,33-34H,20-23H2,1-4H3/t29-,30-,31+,33-,34-/m1/s1. The topological polar surface area (TPSA) is 63.2 Å². The Bertz CT molecular complexity index is 1230. The molecule has 1 fully saturated rings. The van der Waals surface area contributed by atoms with Crippen molar-refractivity contribution < 1.29 is 28.5 Å². The predicted octanol–water partition coefficient (Wildman–Crippen LogP) is 6.73. The first-order valence-corrected chi connectivity index (χ1v) is 14.8. The molecule has 1 aliphatic heterocycles. The first kappa shape index (κ1) is 31.2. The van der Waals surface area contributed by atoms with Gasteiger partial charge in [-0.2, -0.15) is 0 Å². The van der Waals surface area contributed by atoms with Gasteiger partial charge >= 0.3 is 0 Å². The minimum atomic E-state index is -0.642. The zero-order valence-corrected chi connectivity index (χ0v) is 25.0. The molecule has 5 atom stereocenters. The monoisotopic (exact) mass is 576 g/mol. The molecule has 4 rings (SSSR count). The molecule has 3 aromatic rings. The van der Waals surface area contributed by atoms with E-state index in [1.54, 1.807) is 14.0 Å². The van der Waals surface area contributed by atoms with E-state index in [9.17, 15) is 4.79 Å². The fourth-order valence-corrected chi connectivity index (χ4v) is 6.14. The van der Waals surface area contributed by atoms with Crippen LogP contribution >= 0.6 is 11.8 Å². The summed E-state index contributed by atoms with van der Waals surface area (Å²) in [5, 5.41) is -0.358. The molecule has 1 aliphatic rings. The number of rotatable bonds is 14. The molecule has 0 aromatic heterocycles. The summed E-state index contributed by atoms with van der Waals surface area (Å²) in [6.45, 7) is 6.98. The molecule has 3 aromatic carbocycles. The van der Waals surface area contributed by atoms with Crippen LogP contribution in [0.5, 0.6) is 0 Å². The van der Waals surface area contributed by atoms with E-state index in [1.807, 2.05) is 105 Å². The number of thioether (sulfide) groups is 1. The van der Waals surface area contributed by atoms with Crippen LogP contribution in [0, 0.1) is 0 Å². The molecular formula is C34H40O6S. The lowest BCUT2D eigenvalue weighted by molar-refractivity contribution is -0.268. The molecule has 0 unspecified atom stereocenters. The smallest absolute Gasteiger partial charge is 0.172 e. The van der Waals surface area contributed by atoms with Gasteiger partial charge in [-0.3, -0.25) is 4.79 Å². The third-order valence-corrected chi connectivity index (χ3v) is 8.51. The van der Waals surface area contributed by atoms with E-state index in [1.165, 1.54) is 11.8 Å². The van der Waals surface area contributed by atoms with Crippen molar-refractivity contribution in [3.8, 4) is 0 Å². The van der Waals surface area contributed by atoms with Crippen LogP contribution in [-0.4, -0.2) is 49.4 Å². The van der Waals surface area contributed by atoms with Gasteiger partial charge in [0.15, 0.2) is 12.1 Å². The van der Waals surface area contributed by atoms with Crippen molar-refractivity contribution in [2.45, 2.75) is 70.4 Å². The molecule has 0 saturated carbocycles. The number of ether oxygens (including phenoxy) is 5. The molecule has 7 heteroatoms. The largest absolute Gasteiger partial charge is 0.374 e. The number of hydrogen-bond acceptors (Lipinski definition) is 7. The maximum Gasteiger partial charge on any atom is 0.172 e. The zero-order chi connectivity index (χ0) is 29.0. The van der Waals surface area contributed by atoms with Crippen LogP contribution in [0.25, 0.3) is 0 Å². The summed E-state index contributed by atoms with van der Waals surface area (Å²) in [6.07, 6.45) is -2.04. The van der Waals surface area contributed by atoms with Gasteiger partial charge in [-0.05, 0) is 37.5 Å². The van der Waals surface area contributed by atoms with Crippen LogP contribution in [0.2, 0.25) is 0 Å². The molecular weight excluding hydrogens is 536 g/mol. The lowest BCUT2D eigenvalue weighted by Gasteiger charge is -2.45. The fraction of sp³-hybridized carbons (Fsp3) is 0.382. The maximum absolute atomic E-state index is 12.6. The highest BCUT2D eigenvalue weighted by Crippen LogP contribution is 2.39. The molecule has 0 spiro atoms. The van der Waals surface area contributed by atoms with Crippen LogP contribution in [0.4, 0.5) is 0 Å². The van der Waals surface area contributed by atoms with E-state index in [-0.39, 0.29) is 11.0 Å². The number of hydrogen-bond donors (Lipinski definition) is 0. The molecule has 0 amide bonds. The van der Waals surface area contributed by atoms with Crippen molar-refractivity contribution in [2.75, 3.05) is 13.7 Å². The average Bonchev–Trinajstić information content (AvgIpc) is 2.99. The van der Waals surface area contributed by atoms with Gasteiger partial charge < -0.3 is 23.7 Å². The highest BCUT2D eigenvalue weighted by atomic mass is 32.2. The lowest BCUT2D eigenvalue weighted by atomic mass is 10.00. The van der Waals surface area contributed by atoms with Crippen LogP contribution in [0.15, 0.2) is 101 Å². The second-order valence-corrected chi connectivity index (χ2v) is 11.5. The number of allylic oxidation sites excluding steroid dienone is 2. The molecule has 0 radical (unpaired) electrons. The summed E-state index contributed by atoms with van der Waals surface area (Å²) >= 11 is 1.44. The fourth-order valence-electron chi connectivity index (χ4n) is 4.81. The van der Waals surface area contributed by atoms with Gasteiger partial charge in [-0.1, -0.05) is 96.6 Å². The summed E-state index contributed by atoms with van der Waals surface area (Å²) in [5.74, 6) is 0.00161. The van der Waals surface area contributed by atoms with Crippen molar-refractivity contribution in [2.24, 2.45) is 0 Å². The number of Topliss-reactive ketones (excluding diaryl/α,β-unsaturated/α-hetero) is 1. The number of benzene rings is 3. The Morgan fingerprint density at radius 2 is 1.22 bits per heavy atom. The Morgan fingerprint density at radius 3 is 1.68 bits per heavy atom. The van der Waals surface area contributed by atoms with Crippen LogP contribution in [-0.2, 0) is 48.3 Å².